The van der Waals surface area contributed by atoms with Crippen LogP contribution in [0.1, 0.15) is 10.4 Å². The van der Waals surface area contributed by atoms with Crippen LogP contribution in [0, 0.1) is 10.1 Å². The smallest absolute Gasteiger partial charge is 0.269 e. The highest BCUT2D eigenvalue weighted by atomic mass is 16.6. The molecule has 1 atom stereocenters. The van der Waals surface area contributed by atoms with Gasteiger partial charge in [0.25, 0.3) is 5.69 Å². The van der Waals surface area contributed by atoms with Gasteiger partial charge in [-0.2, -0.15) is 0 Å². The van der Waals surface area contributed by atoms with Gasteiger partial charge in [0.2, 0.25) is 5.91 Å². The molecule has 21 heavy (non-hydrogen) atoms. The summed E-state index contributed by atoms with van der Waals surface area (Å²) in [6.45, 7) is 0. The maximum Gasteiger partial charge on any atom is 0.269 e. The van der Waals surface area contributed by atoms with Crippen molar-refractivity contribution in [1.29, 1.82) is 0 Å². The van der Waals surface area contributed by atoms with Crippen LogP contribution in [0.2, 0.25) is 0 Å². The molecule has 0 saturated heterocycles. The number of amides is 1. The lowest BCUT2D eigenvalue weighted by atomic mass is 10.1. The maximum atomic E-state index is 11.7. The van der Waals surface area contributed by atoms with E-state index in [1.165, 1.54) is 31.4 Å². The fraction of sp³-hybridized carbons (Fsp3) is 0.154. The molecule has 8 nitrogen and oxygen atoms in total. The lowest BCUT2D eigenvalue weighted by Crippen LogP contribution is -2.36. The summed E-state index contributed by atoms with van der Waals surface area (Å²) in [4.78, 5) is 43.4. The largest absolute Gasteiger partial charge is 0.355 e. The maximum absolute atomic E-state index is 11.7. The highest BCUT2D eigenvalue weighted by molar-refractivity contribution is 6.07. The van der Waals surface area contributed by atoms with Gasteiger partial charge in [0.05, 0.1) is 4.92 Å². The van der Waals surface area contributed by atoms with Crippen molar-refractivity contribution in [3.63, 3.8) is 0 Å². The molecule has 0 spiro atoms. The third kappa shape index (κ3) is 4.96. The normalized spacial score (nSPS) is 11.9. The fourth-order valence-corrected chi connectivity index (χ4v) is 1.33. The Bertz CT molecular complexity index is 579. The average Bonchev–Trinajstić information content (AvgIpc) is 2.50. The highest BCUT2D eigenvalue weighted by Gasteiger charge is 2.09. The standard InChI is InChI=1S/C13H12N2O6/c1-21-13(8-16)14-12(18)7-6-11(17)9-2-4-10(5-3-9)15(19)20/h2-8,13H,1H3,(H,14,18)/b7-6+. The number of ether oxygens (including phenoxy) is 1. The number of hydrogen-bond acceptors (Lipinski definition) is 6. The summed E-state index contributed by atoms with van der Waals surface area (Å²) in [5.41, 5.74) is 0.0607. The molecule has 1 N–H and O–H groups in total. The number of non-ortho nitro benzene ring substituents is 1. The molecule has 0 saturated carbocycles. The van der Waals surface area contributed by atoms with Gasteiger partial charge < -0.3 is 10.1 Å². The van der Waals surface area contributed by atoms with Crippen LogP contribution in [0.5, 0.6) is 0 Å². The summed E-state index contributed by atoms with van der Waals surface area (Å²) in [7, 11) is 1.24. The number of nitrogens with zero attached hydrogens (tertiary/aromatic N) is 1. The molecule has 0 fully saturated rings. The molecule has 0 bridgehead atoms. The lowest BCUT2D eigenvalue weighted by molar-refractivity contribution is -0.384. The monoisotopic (exact) mass is 292 g/mol. The Morgan fingerprint density at radius 2 is 1.90 bits per heavy atom. The predicted molar refractivity (Wildman–Crippen MR) is 71.6 cm³/mol. The van der Waals surface area contributed by atoms with Crippen LogP contribution < -0.4 is 5.32 Å². The van der Waals surface area contributed by atoms with Crippen LogP contribution in [0.15, 0.2) is 36.4 Å². The number of allylic oxidation sites excluding steroid dienone is 1. The summed E-state index contributed by atoms with van der Waals surface area (Å²) >= 11 is 0. The number of carbonyl (C=O) groups excluding carboxylic acids is 3. The van der Waals surface area contributed by atoms with E-state index in [4.69, 9.17) is 0 Å². The van der Waals surface area contributed by atoms with Crippen LogP contribution in [0.3, 0.4) is 0 Å². The Morgan fingerprint density at radius 3 is 2.38 bits per heavy atom. The number of nitro benzene ring substituents is 1. The van der Waals surface area contributed by atoms with Crippen LogP contribution in [0.25, 0.3) is 0 Å². The Hall–Kier alpha value is -2.87. The summed E-state index contributed by atoms with van der Waals surface area (Å²) < 4.78 is 4.61. The minimum atomic E-state index is -1.09. The summed E-state index contributed by atoms with van der Waals surface area (Å²) in [5, 5.41) is 12.7. The zero-order chi connectivity index (χ0) is 15.8. The molecule has 0 aliphatic heterocycles. The number of nitro groups is 1. The van der Waals surface area contributed by atoms with Gasteiger partial charge in [0.1, 0.15) is 0 Å². The highest BCUT2D eigenvalue weighted by Crippen LogP contribution is 2.12. The Kier molecular flexibility index (Phi) is 5.90. The van der Waals surface area contributed by atoms with Crippen LogP contribution >= 0.6 is 0 Å². The van der Waals surface area contributed by atoms with E-state index in [0.29, 0.717) is 6.29 Å². The van der Waals surface area contributed by atoms with Crippen molar-refractivity contribution < 1.29 is 24.0 Å². The summed E-state index contributed by atoms with van der Waals surface area (Å²) in [5.74, 6) is -1.18. The number of benzene rings is 1. The Labute approximate surface area is 119 Å². The number of ketones is 1. The molecule has 1 aromatic rings. The number of carbonyl (C=O) groups is 3. The van der Waals surface area contributed by atoms with Crippen molar-refractivity contribution in [1.82, 2.24) is 5.32 Å². The number of nitrogens with one attached hydrogen (secondary N) is 1. The van der Waals surface area contributed by atoms with Crippen molar-refractivity contribution in [3.05, 3.63) is 52.1 Å². The first kappa shape index (κ1) is 16.2. The third-order valence-corrected chi connectivity index (χ3v) is 2.41. The predicted octanol–water partition coefficient (Wildman–Crippen LogP) is 0.621. The lowest BCUT2D eigenvalue weighted by Gasteiger charge is -2.07. The van der Waals surface area contributed by atoms with E-state index < -0.39 is 22.8 Å². The molecule has 0 heterocycles. The quantitative estimate of drug-likeness (QED) is 0.197. The van der Waals surface area contributed by atoms with Crippen LogP contribution in [-0.4, -0.2) is 36.2 Å². The first-order valence-electron chi connectivity index (χ1n) is 5.73. The van der Waals surface area contributed by atoms with Gasteiger partial charge in [-0.3, -0.25) is 24.5 Å². The molecular weight excluding hydrogens is 280 g/mol. The van der Waals surface area contributed by atoms with Gasteiger partial charge in [-0.1, -0.05) is 0 Å². The van der Waals surface area contributed by atoms with Gasteiger partial charge in [-0.15, -0.1) is 0 Å². The second-order valence-corrected chi connectivity index (χ2v) is 3.80. The number of aldehydes is 1. The minimum Gasteiger partial charge on any atom is -0.355 e. The molecule has 0 aliphatic carbocycles. The van der Waals surface area contributed by atoms with Crippen LogP contribution in [-0.2, 0) is 14.3 Å². The van der Waals surface area contributed by atoms with Gasteiger partial charge in [-0.05, 0) is 18.2 Å². The van der Waals surface area contributed by atoms with Gasteiger partial charge in [0.15, 0.2) is 18.3 Å². The first-order chi connectivity index (χ1) is 9.97. The molecule has 1 amide bonds. The third-order valence-electron chi connectivity index (χ3n) is 2.41. The zero-order valence-electron chi connectivity index (χ0n) is 11.0. The SMILES string of the molecule is COC(C=O)NC(=O)/C=C/C(=O)c1ccc([N+](=O)[O-])cc1. The molecule has 0 radical (unpaired) electrons. The first-order valence-corrected chi connectivity index (χ1v) is 5.73. The molecular formula is C13H12N2O6. The molecule has 8 heteroatoms. The molecule has 1 unspecified atom stereocenters. The summed E-state index contributed by atoms with van der Waals surface area (Å²) in [6.07, 6.45) is 1.24. The van der Waals surface area contributed by atoms with E-state index in [0.717, 1.165) is 12.2 Å². The van der Waals surface area contributed by atoms with E-state index in [1.807, 2.05) is 0 Å². The molecule has 1 rings (SSSR count). The van der Waals surface area contributed by atoms with Crippen molar-refractivity contribution in [2.24, 2.45) is 0 Å². The summed E-state index contributed by atoms with van der Waals surface area (Å²) in [6, 6.07) is 4.95. The molecule has 0 aliphatic rings. The molecule has 1 aromatic carbocycles. The van der Waals surface area contributed by atoms with E-state index in [2.05, 4.69) is 10.1 Å². The van der Waals surface area contributed by atoms with Gasteiger partial charge in [0, 0.05) is 30.9 Å². The number of hydrogen-bond donors (Lipinski definition) is 1. The van der Waals surface area contributed by atoms with E-state index in [9.17, 15) is 24.5 Å². The molecule has 110 valence electrons. The van der Waals surface area contributed by atoms with Crippen molar-refractivity contribution >= 4 is 23.7 Å². The second kappa shape index (κ2) is 7.65. The Balaban J connectivity index is 2.67. The average molecular weight is 292 g/mol. The van der Waals surface area contributed by atoms with Crippen molar-refractivity contribution in [2.75, 3.05) is 7.11 Å². The number of rotatable bonds is 7. The van der Waals surface area contributed by atoms with Gasteiger partial charge in [-0.25, -0.2) is 0 Å². The van der Waals surface area contributed by atoms with Gasteiger partial charge >= 0.3 is 0 Å². The fourth-order valence-electron chi connectivity index (χ4n) is 1.33. The van der Waals surface area contributed by atoms with E-state index in [-0.39, 0.29) is 11.3 Å². The molecule has 0 aromatic heterocycles. The van der Waals surface area contributed by atoms with Crippen LogP contribution in [0.4, 0.5) is 5.69 Å². The minimum absolute atomic E-state index is 0.137. The number of methoxy groups -OCH3 is 1. The van der Waals surface area contributed by atoms with Crippen molar-refractivity contribution in [3.8, 4) is 0 Å². The second-order valence-electron chi connectivity index (χ2n) is 3.80. The Morgan fingerprint density at radius 1 is 1.29 bits per heavy atom. The van der Waals surface area contributed by atoms with E-state index >= 15 is 0 Å². The topological polar surface area (TPSA) is 116 Å². The van der Waals surface area contributed by atoms with E-state index in [1.54, 1.807) is 0 Å². The zero-order valence-corrected chi connectivity index (χ0v) is 11.0. The van der Waals surface area contributed by atoms with Crippen molar-refractivity contribution in [2.45, 2.75) is 6.23 Å².